The highest BCUT2D eigenvalue weighted by Crippen LogP contribution is 2.39. The second kappa shape index (κ2) is 8.49. The molecule has 1 saturated heterocycles. The molecule has 0 saturated carbocycles. The van der Waals surface area contributed by atoms with Gasteiger partial charge in [-0.15, -0.1) is 0 Å². The minimum atomic E-state index is -0.118. The topological polar surface area (TPSA) is 67.8 Å². The molecule has 3 aromatic rings. The van der Waals surface area contributed by atoms with Gasteiger partial charge in [-0.2, -0.15) is 0 Å². The minimum absolute atomic E-state index is 0.0199. The van der Waals surface area contributed by atoms with Crippen molar-refractivity contribution in [3.05, 3.63) is 66.0 Å². The quantitative estimate of drug-likeness (QED) is 0.624. The second-order valence-corrected chi connectivity index (χ2v) is 8.24. The number of carbonyl (C=O) groups is 1. The zero-order valence-corrected chi connectivity index (χ0v) is 18.3. The van der Waals surface area contributed by atoms with E-state index in [-0.39, 0.29) is 11.9 Å². The summed E-state index contributed by atoms with van der Waals surface area (Å²) in [5, 5.41) is 0. The van der Waals surface area contributed by atoms with Crippen molar-refractivity contribution >= 4 is 11.9 Å². The molecular formula is C25H26N4O3. The standard InChI is InChI=1S/C25H26N4O3/c1-28(2)25-26-16-19(17-7-4-3-5-8-17)23(27-25)20-9-6-12-29(20)24(30)18-10-11-21-22(15-18)32-14-13-31-21/h3-5,7-8,10-11,15-16,20H,6,9,12-14H2,1-2H3/t20-/m1/s1. The Hall–Kier alpha value is -3.61. The second-order valence-electron chi connectivity index (χ2n) is 8.24. The number of carbonyl (C=O) groups excluding carboxylic acids is 1. The Morgan fingerprint density at radius 1 is 1.06 bits per heavy atom. The average molecular weight is 431 g/mol. The molecular weight excluding hydrogens is 404 g/mol. The maximum Gasteiger partial charge on any atom is 0.254 e. The fraction of sp³-hybridized carbons (Fsp3) is 0.320. The molecule has 164 valence electrons. The van der Waals surface area contributed by atoms with Crippen molar-refractivity contribution in [1.82, 2.24) is 14.9 Å². The molecule has 1 atom stereocenters. The molecule has 2 aliphatic rings. The predicted molar refractivity (Wildman–Crippen MR) is 122 cm³/mol. The molecule has 0 bridgehead atoms. The Kier molecular flexibility index (Phi) is 5.39. The molecule has 2 aliphatic heterocycles. The van der Waals surface area contributed by atoms with E-state index in [9.17, 15) is 4.79 Å². The van der Waals surface area contributed by atoms with Crippen LogP contribution < -0.4 is 14.4 Å². The molecule has 0 unspecified atom stereocenters. The van der Waals surface area contributed by atoms with E-state index in [1.54, 1.807) is 6.07 Å². The Bertz CT molecular complexity index is 1130. The van der Waals surface area contributed by atoms with Crippen LogP contribution in [0.3, 0.4) is 0 Å². The van der Waals surface area contributed by atoms with Gasteiger partial charge in [0.05, 0.1) is 11.7 Å². The summed E-state index contributed by atoms with van der Waals surface area (Å²) in [6.45, 7) is 1.71. The highest BCUT2D eigenvalue weighted by Gasteiger charge is 2.34. The van der Waals surface area contributed by atoms with Gasteiger partial charge in [0.2, 0.25) is 5.95 Å². The average Bonchev–Trinajstić information content (AvgIpc) is 3.33. The van der Waals surface area contributed by atoms with Crippen LogP contribution in [0.4, 0.5) is 5.95 Å². The molecule has 1 fully saturated rings. The van der Waals surface area contributed by atoms with E-state index in [0.717, 1.165) is 29.7 Å². The lowest BCUT2D eigenvalue weighted by Gasteiger charge is -2.27. The summed E-state index contributed by atoms with van der Waals surface area (Å²) in [4.78, 5) is 26.8. The number of rotatable bonds is 4. The lowest BCUT2D eigenvalue weighted by molar-refractivity contribution is 0.0732. The summed E-state index contributed by atoms with van der Waals surface area (Å²) in [5.74, 6) is 1.93. The number of ether oxygens (including phenoxy) is 2. The van der Waals surface area contributed by atoms with Crippen LogP contribution in [0.1, 0.15) is 34.9 Å². The summed E-state index contributed by atoms with van der Waals surface area (Å²) < 4.78 is 11.3. The van der Waals surface area contributed by atoms with Crippen molar-refractivity contribution in [2.45, 2.75) is 18.9 Å². The van der Waals surface area contributed by atoms with Gasteiger partial charge in [-0.1, -0.05) is 30.3 Å². The summed E-state index contributed by atoms with van der Waals surface area (Å²) in [6, 6.07) is 15.4. The van der Waals surface area contributed by atoms with Crippen LogP contribution in [0.15, 0.2) is 54.7 Å². The van der Waals surface area contributed by atoms with Crippen molar-refractivity contribution < 1.29 is 14.3 Å². The molecule has 7 heteroatoms. The number of hydrogen-bond donors (Lipinski definition) is 0. The molecule has 0 N–H and O–H groups in total. The van der Waals surface area contributed by atoms with Gasteiger partial charge >= 0.3 is 0 Å². The van der Waals surface area contributed by atoms with E-state index in [4.69, 9.17) is 14.5 Å². The van der Waals surface area contributed by atoms with Crippen LogP contribution in [0, 0.1) is 0 Å². The lowest BCUT2D eigenvalue weighted by atomic mass is 9.99. The third-order valence-corrected chi connectivity index (χ3v) is 5.91. The number of aromatic nitrogens is 2. The third kappa shape index (κ3) is 3.75. The van der Waals surface area contributed by atoms with Crippen molar-refractivity contribution in [2.75, 3.05) is 38.8 Å². The minimum Gasteiger partial charge on any atom is -0.486 e. The van der Waals surface area contributed by atoms with Crippen LogP contribution >= 0.6 is 0 Å². The molecule has 0 spiro atoms. The smallest absolute Gasteiger partial charge is 0.254 e. The van der Waals surface area contributed by atoms with Crippen LogP contribution in [0.25, 0.3) is 11.1 Å². The van der Waals surface area contributed by atoms with E-state index < -0.39 is 0 Å². The number of nitrogens with zero attached hydrogens (tertiary/aromatic N) is 4. The molecule has 0 aliphatic carbocycles. The molecule has 2 aromatic carbocycles. The Morgan fingerprint density at radius 3 is 2.62 bits per heavy atom. The first kappa shape index (κ1) is 20.3. The Morgan fingerprint density at radius 2 is 1.84 bits per heavy atom. The molecule has 32 heavy (non-hydrogen) atoms. The van der Waals surface area contributed by atoms with Crippen molar-refractivity contribution in [3.63, 3.8) is 0 Å². The van der Waals surface area contributed by atoms with Gasteiger partial charge < -0.3 is 19.3 Å². The van der Waals surface area contributed by atoms with Gasteiger partial charge in [0, 0.05) is 38.0 Å². The fourth-order valence-corrected chi connectivity index (χ4v) is 4.33. The van der Waals surface area contributed by atoms with E-state index in [2.05, 4.69) is 17.1 Å². The van der Waals surface area contributed by atoms with Crippen molar-refractivity contribution in [2.24, 2.45) is 0 Å². The first-order valence-corrected chi connectivity index (χ1v) is 10.9. The SMILES string of the molecule is CN(C)c1ncc(-c2ccccc2)c([C@H]2CCCN2C(=O)c2ccc3c(c2)OCCO3)n1. The van der Waals surface area contributed by atoms with Gasteiger partial charge in [-0.3, -0.25) is 4.79 Å². The van der Waals surface area contributed by atoms with Gasteiger partial charge in [-0.05, 0) is 36.6 Å². The van der Waals surface area contributed by atoms with Crippen molar-refractivity contribution in [3.8, 4) is 22.6 Å². The van der Waals surface area contributed by atoms with E-state index in [1.165, 1.54) is 0 Å². The summed E-state index contributed by atoms with van der Waals surface area (Å²) in [7, 11) is 3.85. The monoisotopic (exact) mass is 430 g/mol. The number of likely N-dealkylation sites (tertiary alicyclic amines) is 1. The van der Waals surface area contributed by atoms with Gasteiger partial charge in [0.1, 0.15) is 13.2 Å². The van der Waals surface area contributed by atoms with Gasteiger partial charge in [0.15, 0.2) is 11.5 Å². The third-order valence-electron chi connectivity index (χ3n) is 5.91. The first-order chi connectivity index (χ1) is 15.6. The van der Waals surface area contributed by atoms with Crippen LogP contribution in [0.2, 0.25) is 0 Å². The summed E-state index contributed by atoms with van der Waals surface area (Å²) >= 11 is 0. The number of benzene rings is 2. The normalized spacial score (nSPS) is 17.3. The van der Waals surface area contributed by atoms with Crippen LogP contribution in [0.5, 0.6) is 11.5 Å². The van der Waals surface area contributed by atoms with E-state index in [1.807, 2.05) is 60.4 Å². The number of hydrogen-bond acceptors (Lipinski definition) is 6. The first-order valence-electron chi connectivity index (χ1n) is 10.9. The highest BCUT2D eigenvalue weighted by atomic mass is 16.6. The maximum atomic E-state index is 13.6. The summed E-state index contributed by atoms with van der Waals surface area (Å²) in [6.07, 6.45) is 3.66. The van der Waals surface area contributed by atoms with Crippen LogP contribution in [-0.4, -0.2) is 54.6 Å². The van der Waals surface area contributed by atoms with Gasteiger partial charge in [0.25, 0.3) is 5.91 Å². The number of amides is 1. The van der Waals surface area contributed by atoms with E-state index >= 15 is 0 Å². The van der Waals surface area contributed by atoms with Gasteiger partial charge in [-0.25, -0.2) is 9.97 Å². The molecule has 1 aromatic heterocycles. The Labute approximate surface area is 187 Å². The van der Waals surface area contributed by atoms with E-state index in [0.29, 0.717) is 42.8 Å². The molecule has 7 nitrogen and oxygen atoms in total. The lowest BCUT2D eigenvalue weighted by Crippen LogP contribution is -2.32. The maximum absolute atomic E-state index is 13.6. The molecule has 5 rings (SSSR count). The zero-order valence-electron chi connectivity index (χ0n) is 18.3. The largest absolute Gasteiger partial charge is 0.486 e. The molecule has 1 amide bonds. The van der Waals surface area contributed by atoms with Crippen LogP contribution in [-0.2, 0) is 0 Å². The molecule has 0 radical (unpaired) electrons. The fourth-order valence-electron chi connectivity index (χ4n) is 4.33. The van der Waals surface area contributed by atoms with Crippen molar-refractivity contribution in [1.29, 1.82) is 0 Å². The highest BCUT2D eigenvalue weighted by molar-refractivity contribution is 5.95. The number of anilines is 1. The molecule has 3 heterocycles. The Balaban J connectivity index is 1.53. The predicted octanol–water partition coefficient (Wildman–Crippen LogP) is 3.96. The zero-order chi connectivity index (χ0) is 22.1. The number of fused-ring (bicyclic) bond motifs is 1. The summed E-state index contributed by atoms with van der Waals surface area (Å²) in [5.41, 5.74) is 3.50.